The van der Waals surface area contributed by atoms with Gasteiger partial charge >= 0.3 is 6.03 Å². The molecule has 1 aliphatic carbocycles. The molecule has 312 valence electrons. The first-order valence-corrected chi connectivity index (χ1v) is 21.5. The summed E-state index contributed by atoms with van der Waals surface area (Å²) >= 11 is 0. The van der Waals surface area contributed by atoms with Gasteiger partial charge in [0.15, 0.2) is 17.3 Å². The van der Waals surface area contributed by atoms with Gasteiger partial charge in [-0.3, -0.25) is 29.4 Å². The Labute approximate surface area is 352 Å². The van der Waals surface area contributed by atoms with E-state index in [4.69, 9.17) is 9.97 Å². The number of aromatic nitrogens is 7. The van der Waals surface area contributed by atoms with E-state index in [2.05, 4.69) is 97.4 Å². The first kappa shape index (κ1) is 37.4. The van der Waals surface area contributed by atoms with Crippen LogP contribution in [0, 0.1) is 5.41 Å². The molecular formula is C45H49N13O3. The molecule has 8 heterocycles. The summed E-state index contributed by atoms with van der Waals surface area (Å²) < 4.78 is 5.27. The van der Waals surface area contributed by atoms with Crippen LogP contribution in [0.25, 0.3) is 27.8 Å². The Morgan fingerprint density at radius 3 is 2.54 bits per heavy atom. The predicted molar refractivity (Wildman–Crippen MR) is 235 cm³/mol. The Morgan fingerprint density at radius 1 is 0.934 bits per heavy atom. The summed E-state index contributed by atoms with van der Waals surface area (Å²) in [6.45, 7) is 13.0. The average molecular weight is 820 g/mol. The predicted octanol–water partition coefficient (Wildman–Crippen LogP) is 5.08. The van der Waals surface area contributed by atoms with Crippen molar-refractivity contribution in [2.45, 2.75) is 57.5 Å². The number of anilines is 5. The molecule has 4 aromatic heterocycles. The molecule has 16 heteroatoms. The Hall–Kier alpha value is -6.55. The third-order valence-corrected chi connectivity index (χ3v) is 13.7. The minimum atomic E-state index is -0.419. The van der Waals surface area contributed by atoms with Crippen LogP contribution >= 0.6 is 0 Å². The van der Waals surface area contributed by atoms with Crippen molar-refractivity contribution in [2.75, 3.05) is 65.8 Å². The lowest BCUT2D eigenvalue weighted by Gasteiger charge is -2.51. The maximum absolute atomic E-state index is 13.5. The summed E-state index contributed by atoms with van der Waals surface area (Å²) in [5.41, 5.74) is 7.25. The fourth-order valence-electron chi connectivity index (χ4n) is 10.3. The molecule has 4 fully saturated rings. The lowest BCUT2D eigenvalue weighted by molar-refractivity contribution is -0.120. The average Bonchev–Trinajstić information content (AvgIpc) is 4.00. The van der Waals surface area contributed by atoms with Crippen LogP contribution in [0.5, 0.6) is 0 Å². The van der Waals surface area contributed by atoms with Crippen molar-refractivity contribution in [3.05, 3.63) is 95.1 Å². The van der Waals surface area contributed by atoms with Gasteiger partial charge < -0.3 is 15.1 Å². The molecule has 4 aliphatic heterocycles. The van der Waals surface area contributed by atoms with E-state index in [-0.39, 0.29) is 17.9 Å². The van der Waals surface area contributed by atoms with Crippen molar-refractivity contribution in [3.8, 4) is 5.82 Å². The number of amides is 3. The summed E-state index contributed by atoms with van der Waals surface area (Å²) in [5, 5.41) is 11.8. The standard InChI is InChI=1S/C45H49N13O3/c1-4-18-57-42(60)35-22-46-43(50-40(35)58(57)37-15-8-29-7-6-28(5-2)39(29)48-37)47-30-9-11-31(12-10-30)54-23-33(24-54)53-20-17-45(25-53)26-55(27-45)32-13-14-34-36(21-32)52(3)51-41(34)56-19-16-38(59)49-44(56)61/h4,8-15,21-22,28,33H,1,5-7,16-20,23-27H2,2-3H3,(H,46,47,50)(H,49,59,61). The summed E-state index contributed by atoms with van der Waals surface area (Å²) in [7, 11) is 1.90. The largest absolute Gasteiger partial charge is 0.370 e. The second kappa shape index (κ2) is 14.3. The van der Waals surface area contributed by atoms with Gasteiger partial charge in [-0.15, -0.1) is 6.58 Å². The van der Waals surface area contributed by atoms with Gasteiger partial charge in [-0.2, -0.15) is 10.1 Å². The summed E-state index contributed by atoms with van der Waals surface area (Å²) in [6, 6.07) is 19.0. The number of hydrogen-bond acceptors (Lipinski definition) is 11. The number of nitrogens with one attached hydrogen (secondary N) is 2. The zero-order valence-electron chi connectivity index (χ0n) is 34.5. The van der Waals surface area contributed by atoms with Crippen molar-refractivity contribution >= 4 is 62.7 Å². The van der Waals surface area contributed by atoms with E-state index >= 15 is 0 Å². The highest BCUT2D eigenvalue weighted by atomic mass is 16.2. The maximum Gasteiger partial charge on any atom is 0.329 e. The quantitative estimate of drug-likeness (QED) is 0.178. The van der Waals surface area contributed by atoms with Gasteiger partial charge in [-0.1, -0.05) is 19.1 Å². The lowest BCUT2D eigenvalue weighted by atomic mass is 9.78. The number of hydrogen-bond donors (Lipinski definition) is 2. The van der Waals surface area contributed by atoms with Crippen LogP contribution in [0.2, 0.25) is 0 Å². The molecule has 11 rings (SSSR count). The van der Waals surface area contributed by atoms with E-state index in [9.17, 15) is 14.4 Å². The number of fused-ring (bicyclic) bond motifs is 3. The third-order valence-electron chi connectivity index (χ3n) is 13.7. The highest BCUT2D eigenvalue weighted by molar-refractivity contribution is 6.09. The zero-order valence-corrected chi connectivity index (χ0v) is 34.5. The zero-order chi connectivity index (χ0) is 41.6. The topological polar surface area (TPSA) is 155 Å². The molecule has 2 aromatic carbocycles. The minimum Gasteiger partial charge on any atom is -0.370 e. The van der Waals surface area contributed by atoms with Crippen molar-refractivity contribution in [2.24, 2.45) is 12.5 Å². The van der Waals surface area contributed by atoms with Crippen LogP contribution < -0.4 is 30.9 Å². The second-order valence-corrected chi connectivity index (χ2v) is 17.5. The van der Waals surface area contributed by atoms with Gasteiger partial charge in [0.1, 0.15) is 5.39 Å². The molecule has 6 aromatic rings. The highest BCUT2D eigenvalue weighted by Crippen LogP contribution is 2.44. The molecule has 1 unspecified atom stereocenters. The van der Waals surface area contributed by atoms with Crippen molar-refractivity contribution in [1.82, 2.24) is 44.3 Å². The number of urea groups is 1. The molecule has 1 spiro atoms. The smallest absolute Gasteiger partial charge is 0.329 e. The van der Waals surface area contributed by atoms with Gasteiger partial charge in [0.25, 0.3) is 5.56 Å². The lowest BCUT2D eigenvalue weighted by Crippen LogP contribution is -2.62. The van der Waals surface area contributed by atoms with Crippen LogP contribution in [0.15, 0.2) is 78.2 Å². The SMILES string of the molecule is C=CCn1c(=O)c2cnc(Nc3ccc(N4CC(N5CCC6(CN(c7ccc8c(N9CCC(=O)NC9=O)nn(C)c8c7)C6)C5)C4)cc3)nc2n1-c1ccc2c(n1)C(CC)CC2. The summed E-state index contributed by atoms with van der Waals surface area (Å²) in [4.78, 5) is 61.4. The number of pyridine rings is 1. The van der Waals surface area contributed by atoms with Crippen molar-refractivity contribution < 1.29 is 9.59 Å². The maximum atomic E-state index is 13.5. The number of likely N-dealkylation sites (tertiary alicyclic amines) is 1. The van der Waals surface area contributed by atoms with E-state index in [1.165, 1.54) is 23.4 Å². The Morgan fingerprint density at radius 2 is 1.75 bits per heavy atom. The fourth-order valence-corrected chi connectivity index (χ4v) is 10.3. The van der Waals surface area contributed by atoms with E-state index in [1.807, 2.05) is 22.5 Å². The van der Waals surface area contributed by atoms with Crippen LogP contribution in [0.4, 0.5) is 33.6 Å². The van der Waals surface area contributed by atoms with Crippen molar-refractivity contribution in [1.29, 1.82) is 0 Å². The second-order valence-electron chi connectivity index (χ2n) is 17.5. The molecule has 4 saturated heterocycles. The third kappa shape index (κ3) is 6.25. The van der Waals surface area contributed by atoms with Gasteiger partial charge in [0.05, 0.1) is 12.1 Å². The van der Waals surface area contributed by atoms with Crippen LogP contribution in [0.1, 0.15) is 49.8 Å². The van der Waals surface area contributed by atoms with Gasteiger partial charge in [-0.05, 0) is 86.3 Å². The molecule has 3 amide bonds. The van der Waals surface area contributed by atoms with Crippen LogP contribution in [-0.4, -0.2) is 103 Å². The van der Waals surface area contributed by atoms with E-state index < -0.39 is 6.03 Å². The number of carbonyl (C=O) groups excluding carboxylic acids is 2. The molecule has 0 saturated carbocycles. The first-order chi connectivity index (χ1) is 29.7. The van der Waals surface area contributed by atoms with Crippen molar-refractivity contribution in [3.63, 3.8) is 0 Å². The number of imide groups is 1. The number of carbonyl (C=O) groups is 2. The summed E-state index contributed by atoms with van der Waals surface area (Å²) in [5.74, 6) is 1.85. The molecule has 2 N–H and O–H groups in total. The monoisotopic (exact) mass is 819 g/mol. The Bertz CT molecular complexity index is 2810. The van der Waals surface area contributed by atoms with E-state index in [1.54, 1.807) is 21.9 Å². The molecule has 0 radical (unpaired) electrons. The minimum absolute atomic E-state index is 0.172. The van der Waals surface area contributed by atoms with Crippen LogP contribution in [0.3, 0.4) is 0 Å². The Kier molecular flexibility index (Phi) is 8.77. The van der Waals surface area contributed by atoms with Gasteiger partial charge in [0, 0.05) is 104 Å². The molecule has 5 aliphatic rings. The van der Waals surface area contributed by atoms with Gasteiger partial charge in [0.2, 0.25) is 11.9 Å². The highest BCUT2D eigenvalue weighted by Gasteiger charge is 2.50. The fraction of sp³-hybridized carbons (Fsp3) is 0.400. The van der Waals surface area contributed by atoms with E-state index in [0.717, 1.165) is 80.8 Å². The molecular weight excluding hydrogens is 771 g/mol. The number of aryl methyl sites for hydroxylation is 2. The number of allylic oxidation sites excluding steroid dienone is 1. The molecule has 1 atom stereocenters. The summed E-state index contributed by atoms with van der Waals surface area (Å²) in [6.07, 6.45) is 7.96. The number of rotatable bonds is 10. The molecule has 16 nitrogen and oxygen atoms in total. The first-order valence-electron chi connectivity index (χ1n) is 21.5. The normalized spacial score (nSPS) is 20.1. The number of benzene rings is 2. The molecule has 61 heavy (non-hydrogen) atoms. The number of nitrogens with zero attached hydrogens (tertiary/aromatic N) is 11. The molecule has 0 bridgehead atoms. The van der Waals surface area contributed by atoms with Crippen LogP contribution in [-0.2, 0) is 24.8 Å². The Balaban J connectivity index is 0.718. The van der Waals surface area contributed by atoms with E-state index in [0.29, 0.717) is 59.1 Å². The van der Waals surface area contributed by atoms with Gasteiger partial charge in [-0.25, -0.2) is 24.1 Å².